The van der Waals surface area contributed by atoms with Crippen LogP contribution < -0.4 is 5.73 Å². The summed E-state index contributed by atoms with van der Waals surface area (Å²) in [6, 6.07) is 2.04. The van der Waals surface area contributed by atoms with Crippen LogP contribution in [0.2, 0.25) is 0 Å². The Morgan fingerprint density at radius 1 is 1.54 bits per heavy atom. The zero-order valence-electron chi connectivity index (χ0n) is 8.37. The van der Waals surface area contributed by atoms with Crippen molar-refractivity contribution in [2.75, 3.05) is 5.73 Å². The molecule has 0 aliphatic rings. The third kappa shape index (κ3) is 2.62. The predicted octanol–water partition coefficient (Wildman–Crippen LogP) is 2.73. The van der Waals surface area contributed by atoms with Gasteiger partial charge in [-0.1, -0.05) is 20.8 Å². The quantitative estimate of drug-likeness (QED) is 0.755. The maximum absolute atomic E-state index is 5.78. The van der Waals surface area contributed by atoms with Crippen LogP contribution in [0.15, 0.2) is 17.2 Å². The Bertz CT molecular complexity index is 284. The highest BCUT2D eigenvalue weighted by molar-refractivity contribution is 8.00. The average molecular weight is 196 g/mol. The van der Waals surface area contributed by atoms with Gasteiger partial charge >= 0.3 is 0 Å². The van der Waals surface area contributed by atoms with Gasteiger partial charge in [0.25, 0.3) is 0 Å². The van der Waals surface area contributed by atoms with E-state index in [1.54, 1.807) is 6.20 Å². The van der Waals surface area contributed by atoms with Crippen molar-refractivity contribution in [1.82, 2.24) is 4.98 Å². The first kappa shape index (κ1) is 10.4. The molecule has 0 aliphatic heterocycles. The molecule has 0 aromatic carbocycles. The molecular formula is C10H16N2S. The number of nitrogens with zero attached hydrogens (tertiary/aromatic N) is 1. The molecular weight excluding hydrogens is 180 g/mol. The molecule has 2 N–H and O–H groups in total. The van der Waals surface area contributed by atoms with Gasteiger partial charge in [-0.05, 0) is 12.5 Å². The molecule has 0 fully saturated rings. The van der Waals surface area contributed by atoms with Gasteiger partial charge in [0.05, 0.1) is 0 Å². The lowest BCUT2D eigenvalue weighted by molar-refractivity contribution is 1.04. The van der Waals surface area contributed by atoms with E-state index in [0.717, 1.165) is 6.42 Å². The minimum atomic E-state index is 0.590. The zero-order chi connectivity index (χ0) is 9.84. The van der Waals surface area contributed by atoms with E-state index in [-0.39, 0.29) is 0 Å². The second-order valence-electron chi connectivity index (χ2n) is 3.19. The molecule has 0 bridgehead atoms. The monoisotopic (exact) mass is 196 g/mol. The Balaban J connectivity index is 2.98. The first-order valence-electron chi connectivity index (χ1n) is 4.55. The molecule has 0 spiro atoms. The number of rotatable bonds is 3. The van der Waals surface area contributed by atoms with Crippen LogP contribution in [0.25, 0.3) is 0 Å². The number of nitrogen functional groups attached to an aromatic ring is 1. The molecule has 0 saturated carbocycles. The van der Waals surface area contributed by atoms with E-state index < -0.39 is 0 Å². The summed E-state index contributed by atoms with van der Waals surface area (Å²) in [6.07, 6.45) is 2.73. The average Bonchev–Trinajstić information content (AvgIpc) is 2.03. The van der Waals surface area contributed by atoms with Gasteiger partial charge in [-0.25, -0.2) is 4.98 Å². The van der Waals surface area contributed by atoms with Gasteiger partial charge in [0, 0.05) is 21.9 Å². The number of hydrogen-bond acceptors (Lipinski definition) is 3. The summed E-state index contributed by atoms with van der Waals surface area (Å²) in [7, 11) is 0. The minimum Gasteiger partial charge on any atom is -0.383 e. The van der Waals surface area contributed by atoms with Gasteiger partial charge in [-0.15, -0.1) is 11.8 Å². The molecule has 72 valence electrons. The van der Waals surface area contributed by atoms with Crippen molar-refractivity contribution < 1.29 is 0 Å². The van der Waals surface area contributed by atoms with E-state index >= 15 is 0 Å². The molecule has 1 rings (SSSR count). The maximum atomic E-state index is 5.78. The SMILES string of the molecule is CCc1c(SC(C)C)ccnc1N. The molecule has 0 atom stereocenters. The molecule has 0 aliphatic carbocycles. The first-order chi connectivity index (χ1) is 6.15. The standard InChI is InChI=1S/C10H16N2S/c1-4-8-9(13-7(2)3)5-6-12-10(8)11/h5-7H,4H2,1-3H3,(H2,11,12). The van der Waals surface area contributed by atoms with Crippen LogP contribution in [-0.2, 0) is 6.42 Å². The van der Waals surface area contributed by atoms with Crippen molar-refractivity contribution in [2.45, 2.75) is 37.3 Å². The summed E-state index contributed by atoms with van der Waals surface area (Å²) >= 11 is 1.84. The van der Waals surface area contributed by atoms with Gasteiger partial charge in [0.2, 0.25) is 0 Å². The largest absolute Gasteiger partial charge is 0.383 e. The number of thioether (sulfide) groups is 1. The molecule has 0 amide bonds. The van der Waals surface area contributed by atoms with E-state index in [2.05, 4.69) is 25.8 Å². The predicted molar refractivity (Wildman–Crippen MR) is 59.0 cm³/mol. The highest BCUT2D eigenvalue weighted by Crippen LogP contribution is 2.28. The third-order valence-corrected chi connectivity index (χ3v) is 2.87. The summed E-state index contributed by atoms with van der Waals surface area (Å²) < 4.78 is 0. The van der Waals surface area contributed by atoms with Crippen molar-refractivity contribution >= 4 is 17.6 Å². The van der Waals surface area contributed by atoms with Crippen LogP contribution >= 0.6 is 11.8 Å². The summed E-state index contributed by atoms with van der Waals surface area (Å²) in [6.45, 7) is 6.47. The smallest absolute Gasteiger partial charge is 0.127 e. The van der Waals surface area contributed by atoms with Gasteiger partial charge in [-0.2, -0.15) is 0 Å². The highest BCUT2D eigenvalue weighted by atomic mass is 32.2. The molecule has 1 aromatic rings. The van der Waals surface area contributed by atoms with E-state index in [1.807, 2.05) is 17.8 Å². The number of anilines is 1. The van der Waals surface area contributed by atoms with Crippen LogP contribution in [0.3, 0.4) is 0 Å². The van der Waals surface area contributed by atoms with E-state index in [1.165, 1.54) is 10.5 Å². The fourth-order valence-corrected chi connectivity index (χ4v) is 2.25. The van der Waals surface area contributed by atoms with Crippen molar-refractivity contribution in [3.63, 3.8) is 0 Å². The maximum Gasteiger partial charge on any atom is 0.127 e. The third-order valence-electron chi connectivity index (χ3n) is 1.76. The van der Waals surface area contributed by atoms with Gasteiger partial charge in [0.1, 0.15) is 5.82 Å². The second kappa shape index (κ2) is 4.51. The summed E-state index contributed by atoms with van der Waals surface area (Å²) in [4.78, 5) is 5.35. The topological polar surface area (TPSA) is 38.9 Å². The summed E-state index contributed by atoms with van der Waals surface area (Å²) in [5, 5.41) is 0.590. The molecule has 3 heteroatoms. The van der Waals surface area contributed by atoms with Gasteiger partial charge in [0.15, 0.2) is 0 Å². The fourth-order valence-electron chi connectivity index (χ4n) is 1.21. The van der Waals surface area contributed by atoms with Gasteiger partial charge < -0.3 is 5.73 Å². The van der Waals surface area contributed by atoms with Crippen LogP contribution in [-0.4, -0.2) is 10.2 Å². The van der Waals surface area contributed by atoms with Crippen LogP contribution in [0, 0.1) is 0 Å². The fraction of sp³-hybridized carbons (Fsp3) is 0.500. The van der Waals surface area contributed by atoms with E-state index in [0.29, 0.717) is 11.1 Å². The van der Waals surface area contributed by atoms with Gasteiger partial charge in [-0.3, -0.25) is 0 Å². The lowest BCUT2D eigenvalue weighted by Gasteiger charge is -2.10. The van der Waals surface area contributed by atoms with Crippen LogP contribution in [0.1, 0.15) is 26.3 Å². The minimum absolute atomic E-state index is 0.590. The Hall–Kier alpha value is -0.700. The first-order valence-corrected chi connectivity index (χ1v) is 5.43. The Kier molecular flexibility index (Phi) is 3.60. The van der Waals surface area contributed by atoms with E-state index in [4.69, 9.17) is 5.73 Å². The van der Waals surface area contributed by atoms with E-state index in [9.17, 15) is 0 Å². The molecule has 0 saturated heterocycles. The van der Waals surface area contributed by atoms with Crippen molar-refractivity contribution in [3.8, 4) is 0 Å². The molecule has 1 aromatic heterocycles. The second-order valence-corrected chi connectivity index (χ2v) is 4.81. The Morgan fingerprint density at radius 3 is 2.77 bits per heavy atom. The van der Waals surface area contributed by atoms with Crippen molar-refractivity contribution in [3.05, 3.63) is 17.8 Å². The highest BCUT2D eigenvalue weighted by Gasteiger charge is 2.07. The molecule has 0 unspecified atom stereocenters. The number of hydrogen-bond donors (Lipinski definition) is 1. The van der Waals surface area contributed by atoms with Crippen LogP contribution in [0.5, 0.6) is 0 Å². The number of aromatic nitrogens is 1. The lowest BCUT2D eigenvalue weighted by Crippen LogP contribution is -1.99. The number of pyridine rings is 1. The molecule has 1 heterocycles. The summed E-state index contributed by atoms with van der Waals surface area (Å²) in [5.41, 5.74) is 6.96. The number of nitrogens with two attached hydrogens (primary N) is 1. The zero-order valence-corrected chi connectivity index (χ0v) is 9.19. The van der Waals surface area contributed by atoms with Crippen molar-refractivity contribution in [1.29, 1.82) is 0 Å². The molecule has 0 radical (unpaired) electrons. The Labute approximate surface area is 83.9 Å². The normalized spacial score (nSPS) is 10.8. The van der Waals surface area contributed by atoms with Crippen LogP contribution in [0.4, 0.5) is 5.82 Å². The van der Waals surface area contributed by atoms with Crippen molar-refractivity contribution in [2.24, 2.45) is 0 Å². The Morgan fingerprint density at radius 2 is 2.23 bits per heavy atom. The lowest BCUT2D eigenvalue weighted by atomic mass is 10.2. The molecule has 2 nitrogen and oxygen atoms in total. The molecule has 13 heavy (non-hydrogen) atoms. The summed E-state index contributed by atoms with van der Waals surface area (Å²) in [5.74, 6) is 0.674.